The third-order valence-electron chi connectivity index (χ3n) is 2.60. The Balaban J connectivity index is 0.00000108. The molecule has 87 valence electrons. The molecular weight excluding hydrogens is 386 g/mol. The van der Waals surface area contributed by atoms with Crippen LogP contribution in [0.4, 0.5) is 0 Å². The van der Waals surface area contributed by atoms with Crippen molar-refractivity contribution in [3.63, 3.8) is 0 Å². The number of nitrogens with one attached hydrogen (secondary N) is 1. The van der Waals surface area contributed by atoms with Gasteiger partial charge in [-0.3, -0.25) is 4.98 Å². The Morgan fingerprint density at radius 2 is 2.00 bits per heavy atom. The van der Waals surface area contributed by atoms with E-state index in [0.717, 1.165) is 27.8 Å². The molecule has 0 atom stereocenters. The molecule has 4 nitrogen and oxygen atoms in total. The Labute approximate surface area is 113 Å². The maximum absolute atomic E-state index is 4.54. The van der Waals surface area contributed by atoms with Gasteiger partial charge >= 0.3 is 0 Å². The summed E-state index contributed by atoms with van der Waals surface area (Å²) >= 11 is 0. The van der Waals surface area contributed by atoms with E-state index >= 15 is 0 Å². The molecule has 0 saturated heterocycles. The first-order valence-corrected chi connectivity index (χ1v) is 5.26. The van der Waals surface area contributed by atoms with Crippen LogP contribution in [0.25, 0.3) is 22.1 Å². The van der Waals surface area contributed by atoms with Crippen LogP contribution in [-0.4, -0.2) is 19.9 Å². The molecule has 0 aliphatic heterocycles. The molecule has 2 aromatic heterocycles. The number of H-pyrrole nitrogens is 1. The van der Waals surface area contributed by atoms with E-state index in [1.165, 1.54) is 0 Å². The monoisotopic (exact) mass is 398 g/mol. The fourth-order valence-corrected chi connectivity index (χ4v) is 1.67. The summed E-state index contributed by atoms with van der Waals surface area (Å²) in [5.74, 6) is 0.342. The van der Waals surface area contributed by atoms with E-state index in [9.17, 15) is 0 Å². The first-order chi connectivity index (χ1) is 7.74. The summed E-state index contributed by atoms with van der Waals surface area (Å²) < 4.78 is 0. The van der Waals surface area contributed by atoms with Crippen molar-refractivity contribution in [2.45, 2.75) is 19.8 Å². The SMILES string of the molecule is CC(C)c1[c-]nc2cc3nc[nH]c3cc2n1.[Re]. The van der Waals surface area contributed by atoms with Crippen molar-refractivity contribution < 1.29 is 20.4 Å². The van der Waals surface area contributed by atoms with Gasteiger partial charge in [0.15, 0.2) is 0 Å². The number of imidazole rings is 1. The normalized spacial score (nSPS) is 11.0. The van der Waals surface area contributed by atoms with Crippen molar-refractivity contribution in [3.05, 3.63) is 30.4 Å². The molecule has 0 saturated carbocycles. The van der Waals surface area contributed by atoms with E-state index in [1.54, 1.807) is 6.33 Å². The minimum atomic E-state index is 0. The number of aromatic amines is 1. The molecule has 5 heteroatoms. The van der Waals surface area contributed by atoms with Crippen molar-refractivity contribution in [1.82, 2.24) is 19.9 Å². The summed E-state index contributed by atoms with van der Waals surface area (Å²) in [5, 5.41) is 0. The van der Waals surface area contributed by atoms with Crippen LogP contribution in [-0.2, 0) is 20.4 Å². The van der Waals surface area contributed by atoms with Crippen molar-refractivity contribution >= 4 is 22.1 Å². The maximum Gasteiger partial charge on any atom is 0.0931 e. The second kappa shape index (κ2) is 4.52. The molecule has 1 aromatic carbocycles. The van der Waals surface area contributed by atoms with Gasteiger partial charge in [-0.2, -0.15) is 0 Å². The third-order valence-corrected chi connectivity index (χ3v) is 2.60. The molecule has 3 aromatic rings. The Hall–Kier alpha value is -1.31. The number of hydrogen-bond donors (Lipinski definition) is 1. The quantitative estimate of drug-likeness (QED) is 0.642. The van der Waals surface area contributed by atoms with Gasteiger partial charge in [-0.1, -0.05) is 25.4 Å². The van der Waals surface area contributed by atoms with E-state index in [4.69, 9.17) is 0 Å². The van der Waals surface area contributed by atoms with Crippen molar-refractivity contribution in [1.29, 1.82) is 0 Å². The van der Waals surface area contributed by atoms with Gasteiger partial charge in [-0.25, -0.2) is 4.98 Å². The molecule has 0 bridgehead atoms. The van der Waals surface area contributed by atoms with E-state index in [2.05, 4.69) is 40.0 Å². The van der Waals surface area contributed by atoms with Crippen LogP contribution in [0.2, 0.25) is 0 Å². The van der Waals surface area contributed by atoms with Gasteiger partial charge in [0.2, 0.25) is 0 Å². The largest absolute Gasteiger partial charge is 0.448 e. The molecular formula is C12H11N4Re-. The average molecular weight is 397 g/mol. The molecule has 0 unspecified atom stereocenters. The van der Waals surface area contributed by atoms with Crippen LogP contribution >= 0.6 is 0 Å². The van der Waals surface area contributed by atoms with Crippen LogP contribution in [0, 0.1) is 6.20 Å². The number of nitrogens with zero attached hydrogens (tertiary/aromatic N) is 3. The third kappa shape index (κ3) is 2.09. The van der Waals surface area contributed by atoms with Crippen LogP contribution in [0.5, 0.6) is 0 Å². The predicted molar refractivity (Wildman–Crippen MR) is 62.1 cm³/mol. The molecule has 0 amide bonds. The van der Waals surface area contributed by atoms with Crippen LogP contribution in [0.3, 0.4) is 0 Å². The summed E-state index contributed by atoms with van der Waals surface area (Å²) in [6.45, 7) is 4.17. The van der Waals surface area contributed by atoms with E-state index in [0.29, 0.717) is 5.92 Å². The molecule has 0 spiro atoms. The van der Waals surface area contributed by atoms with Gasteiger partial charge in [-0.15, -0.1) is 6.20 Å². The molecule has 1 N–H and O–H groups in total. The minimum Gasteiger partial charge on any atom is -0.448 e. The minimum absolute atomic E-state index is 0. The fourth-order valence-electron chi connectivity index (χ4n) is 1.67. The van der Waals surface area contributed by atoms with Gasteiger partial charge in [0.1, 0.15) is 0 Å². The van der Waals surface area contributed by atoms with Crippen molar-refractivity contribution in [2.75, 3.05) is 0 Å². The van der Waals surface area contributed by atoms with Gasteiger partial charge in [0.25, 0.3) is 0 Å². The second-order valence-corrected chi connectivity index (χ2v) is 4.14. The maximum atomic E-state index is 4.54. The predicted octanol–water partition coefficient (Wildman–Crippen LogP) is 2.43. The van der Waals surface area contributed by atoms with Crippen molar-refractivity contribution in [3.8, 4) is 0 Å². The van der Waals surface area contributed by atoms with Gasteiger partial charge in [-0.05, 0) is 17.7 Å². The molecule has 0 aliphatic carbocycles. The fraction of sp³-hybridized carbons (Fsp3) is 0.250. The van der Waals surface area contributed by atoms with Gasteiger partial charge < -0.3 is 9.97 Å². The standard InChI is InChI=1S/C12H11N4.Re/c1-7(2)12-5-13-10-3-8-9(15-6-14-8)4-11(10)16-12;/h3-4,6-7H,1-2H3,(H,14,15);/q-1;. The molecule has 2 heterocycles. The molecule has 0 fully saturated rings. The zero-order chi connectivity index (χ0) is 11.1. The summed E-state index contributed by atoms with van der Waals surface area (Å²) in [7, 11) is 0. The van der Waals surface area contributed by atoms with Crippen LogP contribution in [0.1, 0.15) is 25.5 Å². The molecule has 0 aliphatic rings. The van der Waals surface area contributed by atoms with E-state index in [-0.39, 0.29) is 20.4 Å². The Morgan fingerprint density at radius 3 is 2.76 bits per heavy atom. The summed E-state index contributed by atoms with van der Waals surface area (Å²) in [4.78, 5) is 16.1. The Morgan fingerprint density at radius 1 is 1.18 bits per heavy atom. The molecule has 1 radical (unpaired) electrons. The van der Waals surface area contributed by atoms with E-state index in [1.807, 2.05) is 12.1 Å². The first kappa shape index (κ1) is 12.2. The smallest absolute Gasteiger partial charge is 0.0931 e. The number of hydrogen-bond acceptors (Lipinski definition) is 3. The second-order valence-electron chi connectivity index (χ2n) is 4.14. The first-order valence-electron chi connectivity index (χ1n) is 5.26. The van der Waals surface area contributed by atoms with Gasteiger partial charge in [0.05, 0.1) is 17.4 Å². The molecule has 3 rings (SSSR count). The van der Waals surface area contributed by atoms with Crippen LogP contribution < -0.4 is 0 Å². The number of rotatable bonds is 1. The topological polar surface area (TPSA) is 54.5 Å². The van der Waals surface area contributed by atoms with Crippen LogP contribution in [0.15, 0.2) is 18.5 Å². The Bertz CT molecular complexity index is 660. The zero-order valence-electron chi connectivity index (χ0n) is 9.53. The zero-order valence-corrected chi connectivity index (χ0v) is 12.2. The number of fused-ring (bicyclic) bond motifs is 2. The average Bonchev–Trinajstić information content (AvgIpc) is 2.71. The van der Waals surface area contributed by atoms with E-state index < -0.39 is 0 Å². The summed E-state index contributed by atoms with van der Waals surface area (Å²) in [6, 6.07) is 3.90. The summed E-state index contributed by atoms with van der Waals surface area (Å²) in [6.07, 6.45) is 4.65. The number of aromatic nitrogens is 4. The van der Waals surface area contributed by atoms with Gasteiger partial charge in [0, 0.05) is 25.9 Å². The summed E-state index contributed by atoms with van der Waals surface area (Å²) in [5.41, 5.74) is 4.52. The number of benzene rings is 1. The van der Waals surface area contributed by atoms with Crippen molar-refractivity contribution in [2.24, 2.45) is 0 Å². The molecule has 17 heavy (non-hydrogen) atoms. The Kier molecular flexibility index (Phi) is 3.23.